The van der Waals surface area contributed by atoms with Crippen LogP contribution >= 0.6 is 11.8 Å². The second kappa shape index (κ2) is 14.6. The summed E-state index contributed by atoms with van der Waals surface area (Å²) in [5.74, 6) is 0.216. The number of amides is 3. The largest absolute Gasteiger partial charge is 0.497 e. The molecule has 9 heteroatoms. The maximum Gasteiger partial charge on any atom is 0.272 e. The Balaban J connectivity index is 1.44. The summed E-state index contributed by atoms with van der Waals surface area (Å²) < 4.78 is 10.6. The van der Waals surface area contributed by atoms with Crippen molar-refractivity contribution in [2.24, 2.45) is 0 Å². The molecule has 0 aromatic heterocycles. The van der Waals surface area contributed by atoms with E-state index in [1.165, 1.54) is 18.9 Å². The van der Waals surface area contributed by atoms with Crippen LogP contribution in [0.1, 0.15) is 22.8 Å². The second-order valence-corrected chi connectivity index (χ2v) is 10.5. The van der Waals surface area contributed by atoms with Crippen molar-refractivity contribution >= 4 is 46.9 Å². The molecule has 0 bridgehead atoms. The monoisotopic (exact) mass is 581 g/mol. The smallest absolute Gasteiger partial charge is 0.272 e. The van der Waals surface area contributed by atoms with E-state index in [9.17, 15) is 14.4 Å². The van der Waals surface area contributed by atoms with E-state index in [-0.39, 0.29) is 16.9 Å². The predicted molar refractivity (Wildman–Crippen MR) is 167 cm³/mol. The van der Waals surface area contributed by atoms with E-state index >= 15 is 0 Å². The number of rotatable bonds is 11. The molecule has 214 valence electrons. The lowest BCUT2D eigenvalue weighted by molar-refractivity contribution is -0.115. The first-order chi connectivity index (χ1) is 20.4. The highest BCUT2D eigenvalue weighted by Gasteiger charge is 2.17. The van der Waals surface area contributed by atoms with Gasteiger partial charge < -0.3 is 25.4 Å². The predicted octanol–water partition coefficient (Wildman–Crippen LogP) is 6.23. The van der Waals surface area contributed by atoms with Crippen molar-refractivity contribution in [2.75, 3.05) is 24.9 Å². The summed E-state index contributed by atoms with van der Waals surface area (Å²) in [5, 5.41) is 8.10. The molecule has 0 aliphatic heterocycles. The van der Waals surface area contributed by atoms with Crippen LogP contribution < -0.4 is 25.4 Å². The van der Waals surface area contributed by atoms with Crippen LogP contribution in [0.3, 0.4) is 0 Å². The molecule has 4 aromatic carbocycles. The summed E-state index contributed by atoms with van der Waals surface area (Å²) in [7, 11) is 3.13. The molecule has 0 aliphatic rings. The number of carbonyl (C=O) groups is 3. The van der Waals surface area contributed by atoms with Crippen LogP contribution in [0.15, 0.2) is 114 Å². The molecule has 0 fully saturated rings. The van der Waals surface area contributed by atoms with Crippen molar-refractivity contribution < 1.29 is 23.9 Å². The van der Waals surface area contributed by atoms with Gasteiger partial charge in [-0.3, -0.25) is 14.4 Å². The van der Waals surface area contributed by atoms with Gasteiger partial charge in [0.2, 0.25) is 5.91 Å². The van der Waals surface area contributed by atoms with E-state index in [0.29, 0.717) is 34.0 Å². The van der Waals surface area contributed by atoms with Gasteiger partial charge in [-0.05, 0) is 79.7 Å². The fourth-order valence-corrected chi connectivity index (χ4v) is 4.74. The molecule has 1 unspecified atom stereocenters. The number of nitrogens with one attached hydrogen (secondary N) is 3. The Hall–Kier alpha value is -5.02. The van der Waals surface area contributed by atoms with Gasteiger partial charge in [-0.1, -0.05) is 36.4 Å². The Morgan fingerprint density at radius 2 is 1.36 bits per heavy atom. The van der Waals surface area contributed by atoms with Gasteiger partial charge in [-0.25, -0.2) is 0 Å². The minimum atomic E-state index is -0.502. The number of para-hydroxylation sites is 1. The van der Waals surface area contributed by atoms with E-state index in [2.05, 4.69) is 16.0 Å². The van der Waals surface area contributed by atoms with Crippen LogP contribution in [-0.4, -0.2) is 37.2 Å². The molecule has 0 radical (unpaired) electrons. The maximum atomic E-state index is 13.3. The topological polar surface area (TPSA) is 106 Å². The standard InChI is InChI=1S/C33H31N3O5S/c1-22(31(37)34-25-13-17-27(40-2)18-14-25)42-28-19-15-26(16-20-28)35-33(39)29(21-24-11-7-8-12-30(24)41-3)36-32(38)23-9-5-4-6-10-23/h4-22H,1-3H3,(H,34,37)(H,35,39)(H,36,38)/b29-21-. The number of hydrogen-bond donors (Lipinski definition) is 3. The van der Waals surface area contributed by atoms with Crippen molar-refractivity contribution in [1.29, 1.82) is 0 Å². The molecular formula is C33H31N3O5S. The molecule has 4 aromatic rings. The Morgan fingerprint density at radius 3 is 2.02 bits per heavy atom. The summed E-state index contributed by atoms with van der Waals surface area (Å²) in [6.07, 6.45) is 1.57. The van der Waals surface area contributed by atoms with Gasteiger partial charge in [0, 0.05) is 27.4 Å². The Labute approximate surface area is 249 Å². The first-order valence-electron chi connectivity index (χ1n) is 13.1. The van der Waals surface area contributed by atoms with E-state index in [4.69, 9.17) is 9.47 Å². The number of anilines is 2. The van der Waals surface area contributed by atoms with Crippen molar-refractivity contribution in [3.63, 3.8) is 0 Å². The summed E-state index contributed by atoms with van der Waals surface area (Å²) in [5.41, 5.74) is 2.31. The van der Waals surface area contributed by atoms with E-state index in [1.54, 1.807) is 86.0 Å². The van der Waals surface area contributed by atoms with Gasteiger partial charge in [-0.2, -0.15) is 0 Å². The SMILES string of the molecule is COc1ccc(NC(=O)C(C)Sc2ccc(NC(=O)/C(=C/c3ccccc3OC)NC(=O)c3ccccc3)cc2)cc1. The summed E-state index contributed by atoms with van der Waals surface area (Å²) in [4.78, 5) is 39.8. The number of hydrogen-bond acceptors (Lipinski definition) is 6. The zero-order valence-corrected chi connectivity index (χ0v) is 24.2. The summed E-state index contributed by atoms with van der Waals surface area (Å²) in [6, 6.07) is 30.1. The van der Waals surface area contributed by atoms with Crippen LogP contribution in [0.5, 0.6) is 11.5 Å². The molecule has 3 N–H and O–H groups in total. The minimum Gasteiger partial charge on any atom is -0.497 e. The quantitative estimate of drug-likeness (QED) is 0.143. The molecule has 8 nitrogen and oxygen atoms in total. The lowest BCUT2D eigenvalue weighted by Gasteiger charge is -2.14. The number of ether oxygens (including phenoxy) is 2. The van der Waals surface area contributed by atoms with Gasteiger partial charge in [0.1, 0.15) is 17.2 Å². The number of thioether (sulfide) groups is 1. The van der Waals surface area contributed by atoms with Crippen LogP contribution in [0.25, 0.3) is 6.08 Å². The minimum absolute atomic E-state index is 0.0515. The molecular weight excluding hydrogens is 550 g/mol. The van der Waals surface area contributed by atoms with Gasteiger partial charge in [0.25, 0.3) is 11.8 Å². The van der Waals surface area contributed by atoms with E-state index in [0.717, 1.165) is 4.90 Å². The first kappa shape index (κ1) is 30.0. The third kappa shape index (κ3) is 8.25. The summed E-state index contributed by atoms with van der Waals surface area (Å²) >= 11 is 1.39. The Morgan fingerprint density at radius 1 is 0.738 bits per heavy atom. The van der Waals surface area contributed by atoms with Crippen LogP contribution in [0.2, 0.25) is 0 Å². The Bertz CT molecular complexity index is 1560. The summed E-state index contributed by atoms with van der Waals surface area (Å²) in [6.45, 7) is 1.82. The van der Waals surface area contributed by atoms with Gasteiger partial charge in [0.05, 0.1) is 19.5 Å². The molecule has 0 heterocycles. The van der Waals surface area contributed by atoms with Crippen LogP contribution in [0.4, 0.5) is 11.4 Å². The third-order valence-corrected chi connectivity index (χ3v) is 7.23. The third-order valence-electron chi connectivity index (χ3n) is 6.12. The van der Waals surface area contributed by atoms with Crippen molar-refractivity contribution in [2.45, 2.75) is 17.1 Å². The zero-order chi connectivity index (χ0) is 29.9. The zero-order valence-electron chi connectivity index (χ0n) is 23.4. The van der Waals surface area contributed by atoms with Gasteiger partial charge in [0.15, 0.2) is 0 Å². The van der Waals surface area contributed by atoms with Crippen LogP contribution in [-0.2, 0) is 9.59 Å². The first-order valence-corrected chi connectivity index (χ1v) is 14.0. The molecule has 0 saturated carbocycles. The highest BCUT2D eigenvalue weighted by Crippen LogP contribution is 2.26. The van der Waals surface area contributed by atoms with Crippen molar-refractivity contribution in [3.05, 3.63) is 120 Å². The average Bonchev–Trinajstić information content (AvgIpc) is 3.02. The Kier molecular flexibility index (Phi) is 10.4. The molecule has 42 heavy (non-hydrogen) atoms. The van der Waals surface area contributed by atoms with E-state index in [1.807, 2.05) is 37.3 Å². The highest BCUT2D eigenvalue weighted by molar-refractivity contribution is 8.00. The van der Waals surface area contributed by atoms with Crippen LogP contribution in [0, 0.1) is 0 Å². The molecule has 0 spiro atoms. The fourth-order valence-electron chi connectivity index (χ4n) is 3.87. The number of benzene rings is 4. The highest BCUT2D eigenvalue weighted by atomic mass is 32.2. The average molecular weight is 582 g/mol. The number of methoxy groups -OCH3 is 2. The van der Waals surface area contributed by atoms with E-state index < -0.39 is 11.8 Å². The second-order valence-electron chi connectivity index (χ2n) is 9.08. The van der Waals surface area contributed by atoms with Crippen molar-refractivity contribution in [3.8, 4) is 11.5 Å². The van der Waals surface area contributed by atoms with Gasteiger partial charge >= 0.3 is 0 Å². The molecule has 3 amide bonds. The fraction of sp³-hybridized carbons (Fsp3) is 0.121. The molecule has 4 rings (SSSR count). The molecule has 0 aliphatic carbocycles. The molecule has 0 saturated heterocycles. The lowest BCUT2D eigenvalue weighted by Crippen LogP contribution is -2.30. The lowest BCUT2D eigenvalue weighted by atomic mass is 10.1. The number of carbonyl (C=O) groups excluding carboxylic acids is 3. The maximum absolute atomic E-state index is 13.3. The normalized spacial score (nSPS) is 11.6. The van der Waals surface area contributed by atoms with Crippen molar-refractivity contribution in [1.82, 2.24) is 5.32 Å². The molecule has 1 atom stereocenters. The van der Waals surface area contributed by atoms with Gasteiger partial charge in [-0.15, -0.1) is 11.8 Å².